The normalized spacial score (nSPS) is 11.2. The number of esters is 1. The molecule has 0 N–H and O–H groups in total. The third-order valence-corrected chi connectivity index (χ3v) is 4.59. The summed E-state index contributed by atoms with van der Waals surface area (Å²) in [6, 6.07) is 7.54. The Morgan fingerprint density at radius 2 is 1.92 bits per heavy atom. The van der Waals surface area contributed by atoms with Crippen LogP contribution in [0.25, 0.3) is 0 Å². The first-order valence-corrected chi connectivity index (χ1v) is 9.11. The van der Waals surface area contributed by atoms with Gasteiger partial charge in [0, 0.05) is 16.5 Å². The largest absolute Gasteiger partial charge is 0.461 e. The molecule has 1 heterocycles. The second-order valence-electron chi connectivity index (χ2n) is 6.72. The van der Waals surface area contributed by atoms with Crippen LogP contribution in [0.2, 0.25) is 0 Å². The number of rotatable bonds is 5. The Balaban J connectivity index is 2.26. The van der Waals surface area contributed by atoms with E-state index in [1.165, 1.54) is 11.3 Å². The Bertz CT molecular complexity index is 762. The summed E-state index contributed by atoms with van der Waals surface area (Å²) in [5, 5.41) is 2.38. The van der Waals surface area contributed by atoms with Crippen molar-refractivity contribution in [1.82, 2.24) is 9.88 Å². The number of aromatic nitrogens is 1. The lowest BCUT2D eigenvalue weighted by atomic mass is 10.0. The van der Waals surface area contributed by atoms with Gasteiger partial charge in [-0.2, -0.15) is 0 Å². The van der Waals surface area contributed by atoms with E-state index >= 15 is 0 Å². The lowest BCUT2D eigenvalue weighted by Gasteiger charge is -2.35. The van der Waals surface area contributed by atoms with E-state index in [0.717, 1.165) is 5.56 Å². The molecule has 1 aromatic carbocycles. The summed E-state index contributed by atoms with van der Waals surface area (Å²) in [6.45, 7) is 10.3. The Morgan fingerprint density at radius 3 is 2.52 bits per heavy atom. The van der Waals surface area contributed by atoms with Crippen LogP contribution < -0.4 is 0 Å². The number of benzene rings is 1. The first kappa shape index (κ1) is 19.1. The number of hydrogen-bond acceptors (Lipinski definition) is 5. The van der Waals surface area contributed by atoms with Crippen molar-refractivity contribution >= 4 is 23.2 Å². The number of carbonyl (C=O) groups excluding carboxylic acids is 2. The van der Waals surface area contributed by atoms with Gasteiger partial charge in [0.25, 0.3) is 5.91 Å². The van der Waals surface area contributed by atoms with E-state index in [1.807, 2.05) is 52.0 Å². The van der Waals surface area contributed by atoms with Gasteiger partial charge < -0.3 is 9.64 Å². The zero-order valence-corrected chi connectivity index (χ0v) is 16.1. The van der Waals surface area contributed by atoms with Gasteiger partial charge in [0.15, 0.2) is 5.69 Å². The molecule has 2 rings (SSSR count). The van der Waals surface area contributed by atoms with Crippen molar-refractivity contribution in [1.29, 1.82) is 0 Å². The van der Waals surface area contributed by atoms with Gasteiger partial charge in [-0.1, -0.05) is 18.2 Å². The Hall–Kier alpha value is -2.21. The lowest BCUT2D eigenvalue weighted by molar-refractivity contribution is 0.0520. The Morgan fingerprint density at radius 1 is 1.24 bits per heavy atom. The minimum absolute atomic E-state index is 0.0431. The SMILES string of the molecule is CCOC(=O)c1csc(CN(C(=O)c2ccccc2C)C(C)(C)C)n1. The molecule has 25 heavy (non-hydrogen) atoms. The molecule has 0 aliphatic rings. The number of aryl methyl sites for hydroxylation is 1. The van der Waals surface area contributed by atoms with Gasteiger partial charge in [-0.3, -0.25) is 4.79 Å². The van der Waals surface area contributed by atoms with Crippen molar-refractivity contribution in [2.24, 2.45) is 0 Å². The van der Waals surface area contributed by atoms with E-state index < -0.39 is 5.97 Å². The fraction of sp³-hybridized carbons (Fsp3) is 0.421. The topological polar surface area (TPSA) is 59.5 Å². The van der Waals surface area contributed by atoms with Crippen LogP contribution in [0, 0.1) is 6.92 Å². The minimum atomic E-state index is -0.433. The van der Waals surface area contributed by atoms with Gasteiger partial charge in [0.1, 0.15) is 5.01 Å². The Labute approximate surface area is 152 Å². The predicted octanol–water partition coefficient (Wildman–Crippen LogP) is 4.07. The van der Waals surface area contributed by atoms with Crippen LogP contribution in [0.5, 0.6) is 0 Å². The second-order valence-corrected chi connectivity index (χ2v) is 7.67. The predicted molar refractivity (Wildman–Crippen MR) is 98.9 cm³/mol. The molecule has 0 fully saturated rings. The van der Waals surface area contributed by atoms with Crippen LogP contribution in [0.15, 0.2) is 29.6 Å². The summed E-state index contributed by atoms with van der Waals surface area (Å²) in [6.07, 6.45) is 0. The summed E-state index contributed by atoms with van der Waals surface area (Å²) in [4.78, 5) is 31.0. The summed E-state index contributed by atoms with van der Waals surface area (Å²) in [5.74, 6) is -0.476. The highest BCUT2D eigenvalue weighted by atomic mass is 32.1. The van der Waals surface area contributed by atoms with Crippen LogP contribution in [0.3, 0.4) is 0 Å². The first-order valence-electron chi connectivity index (χ1n) is 8.23. The quantitative estimate of drug-likeness (QED) is 0.754. The second kappa shape index (κ2) is 7.78. The molecule has 0 aliphatic heterocycles. The highest BCUT2D eigenvalue weighted by Gasteiger charge is 2.29. The van der Waals surface area contributed by atoms with E-state index in [1.54, 1.807) is 17.2 Å². The van der Waals surface area contributed by atoms with Crippen molar-refractivity contribution in [3.05, 3.63) is 51.5 Å². The summed E-state index contributed by atoms with van der Waals surface area (Å²) in [7, 11) is 0. The number of hydrogen-bond donors (Lipinski definition) is 0. The zero-order valence-electron chi connectivity index (χ0n) is 15.3. The van der Waals surface area contributed by atoms with E-state index in [2.05, 4.69) is 4.98 Å². The number of ether oxygens (including phenoxy) is 1. The molecule has 0 radical (unpaired) electrons. The molecule has 1 amide bonds. The molecule has 0 atom stereocenters. The fourth-order valence-electron chi connectivity index (χ4n) is 2.39. The Kier molecular flexibility index (Phi) is 5.95. The van der Waals surface area contributed by atoms with Gasteiger partial charge in [0.2, 0.25) is 0 Å². The van der Waals surface area contributed by atoms with E-state index in [-0.39, 0.29) is 11.4 Å². The van der Waals surface area contributed by atoms with Crippen molar-refractivity contribution in [3.8, 4) is 0 Å². The van der Waals surface area contributed by atoms with Gasteiger partial charge in [-0.05, 0) is 46.2 Å². The number of nitrogens with zero attached hydrogens (tertiary/aromatic N) is 2. The number of carbonyl (C=O) groups is 2. The van der Waals surface area contributed by atoms with E-state index in [4.69, 9.17) is 4.74 Å². The molecule has 2 aromatic rings. The zero-order chi connectivity index (χ0) is 18.6. The third kappa shape index (κ3) is 4.66. The van der Waals surface area contributed by atoms with Crippen LogP contribution in [-0.4, -0.2) is 33.9 Å². The molecule has 134 valence electrons. The third-order valence-electron chi connectivity index (χ3n) is 3.76. The summed E-state index contributed by atoms with van der Waals surface area (Å²) < 4.78 is 4.97. The monoisotopic (exact) mass is 360 g/mol. The molecule has 6 heteroatoms. The van der Waals surface area contributed by atoms with Crippen LogP contribution in [0.1, 0.15) is 59.1 Å². The average Bonchev–Trinajstić information content (AvgIpc) is 3.00. The standard InChI is InChI=1S/C19H24N2O3S/c1-6-24-18(23)15-12-25-16(20-15)11-21(19(3,4)5)17(22)14-10-8-7-9-13(14)2/h7-10,12H,6,11H2,1-5H3. The molecule has 0 aliphatic carbocycles. The molecule has 1 aromatic heterocycles. The van der Waals surface area contributed by atoms with Crippen LogP contribution in [-0.2, 0) is 11.3 Å². The van der Waals surface area contributed by atoms with Gasteiger partial charge >= 0.3 is 5.97 Å². The van der Waals surface area contributed by atoms with Crippen LogP contribution >= 0.6 is 11.3 Å². The van der Waals surface area contributed by atoms with Crippen molar-refractivity contribution in [3.63, 3.8) is 0 Å². The first-order chi connectivity index (χ1) is 11.7. The van der Waals surface area contributed by atoms with Gasteiger partial charge in [-0.25, -0.2) is 9.78 Å². The molecular formula is C19H24N2O3S. The number of thiazole rings is 1. The maximum Gasteiger partial charge on any atom is 0.357 e. The molecule has 0 spiro atoms. The molecule has 5 nitrogen and oxygen atoms in total. The average molecular weight is 360 g/mol. The smallest absolute Gasteiger partial charge is 0.357 e. The van der Waals surface area contributed by atoms with Crippen molar-refractivity contribution < 1.29 is 14.3 Å². The number of amides is 1. The van der Waals surface area contributed by atoms with E-state index in [0.29, 0.717) is 29.4 Å². The van der Waals surface area contributed by atoms with Crippen molar-refractivity contribution in [2.75, 3.05) is 6.61 Å². The molecular weight excluding hydrogens is 336 g/mol. The summed E-state index contributed by atoms with van der Waals surface area (Å²) in [5.41, 5.74) is 1.53. The molecule has 0 saturated heterocycles. The minimum Gasteiger partial charge on any atom is -0.461 e. The molecule has 0 bridgehead atoms. The molecule has 0 unspecified atom stereocenters. The van der Waals surface area contributed by atoms with E-state index in [9.17, 15) is 9.59 Å². The summed E-state index contributed by atoms with van der Waals surface area (Å²) >= 11 is 1.36. The lowest BCUT2D eigenvalue weighted by Crippen LogP contribution is -2.45. The van der Waals surface area contributed by atoms with Gasteiger partial charge in [0.05, 0.1) is 13.2 Å². The molecule has 0 saturated carbocycles. The maximum absolute atomic E-state index is 13.1. The highest BCUT2D eigenvalue weighted by Crippen LogP contribution is 2.23. The fourth-order valence-corrected chi connectivity index (χ4v) is 3.14. The van der Waals surface area contributed by atoms with Crippen molar-refractivity contribution in [2.45, 2.75) is 46.7 Å². The maximum atomic E-state index is 13.1. The van der Waals surface area contributed by atoms with Gasteiger partial charge in [-0.15, -0.1) is 11.3 Å². The highest BCUT2D eigenvalue weighted by molar-refractivity contribution is 7.09. The van der Waals surface area contributed by atoms with Crippen LogP contribution in [0.4, 0.5) is 0 Å².